The van der Waals surface area contributed by atoms with Crippen molar-refractivity contribution in [1.82, 2.24) is 29.9 Å². The van der Waals surface area contributed by atoms with Crippen LogP contribution in [0.5, 0.6) is 11.8 Å². The Morgan fingerprint density at radius 3 is 2.77 bits per heavy atom. The van der Waals surface area contributed by atoms with Crippen LogP contribution in [0.3, 0.4) is 0 Å². The van der Waals surface area contributed by atoms with Gasteiger partial charge >= 0.3 is 0 Å². The molecule has 6 rings (SSSR count). The Morgan fingerprint density at radius 2 is 2.00 bits per heavy atom. The lowest BCUT2D eigenvalue weighted by molar-refractivity contribution is -0.117. The average molecular weight is 470 g/mol. The van der Waals surface area contributed by atoms with E-state index in [4.69, 9.17) is 9.47 Å². The van der Waals surface area contributed by atoms with E-state index < -0.39 is 0 Å². The van der Waals surface area contributed by atoms with Crippen LogP contribution in [0.25, 0.3) is 16.8 Å². The fourth-order valence-corrected chi connectivity index (χ4v) is 4.62. The molecule has 0 N–H and O–H groups in total. The van der Waals surface area contributed by atoms with Gasteiger partial charge in [-0.15, -0.1) is 5.10 Å². The number of pyridine rings is 1. The fraction of sp³-hybridized carbons (Fsp3) is 0.280. The zero-order valence-electron chi connectivity index (χ0n) is 19.4. The maximum Gasteiger partial charge on any atom is 0.238 e. The number of nitrogens with zero attached hydrogens (tertiary/aromatic N) is 7. The van der Waals surface area contributed by atoms with Gasteiger partial charge in [0, 0.05) is 25.2 Å². The van der Waals surface area contributed by atoms with Crippen molar-refractivity contribution in [1.29, 1.82) is 0 Å². The molecule has 1 aromatic carbocycles. The number of aryl methyl sites for hydroxylation is 1. The highest BCUT2D eigenvalue weighted by atomic mass is 16.5. The number of carbonyl (C=O) groups is 1. The summed E-state index contributed by atoms with van der Waals surface area (Å²) in [5.41, 5.74) is 5.23. The molecule has 2 aliphatic heterocycles. The van der Waals surface area contributed by atoms with Gasteiger partial charge in [-0.25, -0.2) is 14.6 Å². The first-order valence-corrected chi connectivity index (χ1v) is 11.4. The number of hydrogen-bond donors (Lipinski definition) is 0. The molecule has 0 spiro atoms. The summed E-state index contributed by atoms with van der Waals surface area (Å²) < 4.78 is 13.1. The molecule has 10 heteroatoms. The first kappa shape index (κ1) is 21.2. The number of methoxy groups -OCH3 is 1. The Labute approximate surface area is 201 Å². The van der Waals surface area contributed by atoms with E-state index in [2.05, 4.69) is 25.3 Å². The minimum Gasteiger partial charge on any atom is -0.480 e. The molecule has 1 amide bonds. The van der Waals surface area contributed by atoms with Crippen molar-refractivity contribution in [3.05, 3.63) is 66.0 Å². The second kappa shape index (κ2) is 8.46. The summed E-state index contributed by atoms with van der Waals surface area (Å²) in [5, 5.41) is 8.04. The molecule has 1 atom stereocenters. The van der Waals surface area contributed by atoms with Crippen molar-refractivity contribution < 1.29 is 14.3 Å². The van der Waals surface area contributed by atoms with Gasteiger partial charge in [-0.2, -0.15) is 4.98 Å². The Hall–Kier alpha value is -4.34. The van der Waals surface area contributed by atoms with Crippen LogP contribution in [-0.4, -0.2) is 55.6 Å². The van der Waals surface area contributed by atoms with Crippen LogP contribution in [0, 0.1) is 6.92 Å². The molecule has 3 aromatic heterocycles. The molecule has 1 saturated heterocycles. The number of ether oxygens (including phenoxy) is 2. The second-order valence-electron chi connectivity index (χ2n) is 8.66. The van der Waals surface area contributed by atoms with E-state index in [-0.39, 0.29) is 11.9 Å². The smallest absolute Gasteiger partial charge is 0.238 e. The van der Waals surface area contributed by atoms with Crippen LogP contribution in [0.2, 0.25) is 0 Å². The second-order valence-corrected chi connectivity index (χ2v) is 8.66. The highest BCUT2D eigenvalue weighted by Gasteiger charge is 2.38. The van der Waals surface area contributed by atoms with Crippen LogP contribution in [-0.2, 0) is 11.2 Å². The highest BCUT2D eigenvalue weighted by Crippen LogP contribution is 2.38. The normalized spacial score (nSPS) is 16.6. The Bertz CT molecular complexity index is 1420. The van der Waals surface area contributed by atoms with Gasteiger partial charge in [-0.05, 0) is 42.7 Å². The zero-order valence-corrected chi connectivity index (χ0v) is 19.4. The third-order valence-electron chi connectivity index (χ3n) is 6.39. The predicted molar refractivity (Wildman–Crippen MR) is 127 cm³/mol. The maximum absolute atomic E-state index is 12.4. The Balaban J connectivity index is 1.26. The summed E-state index contributed by atoms with van der Waals surface area (Å²) >= 11 is 0. The van der Waals surface area contributed by atoms with Crippen LogP contribution in [0.4, 0.5) is 5.69 Å². The van der Waals surface area contributed by atoms with E-state index in [0.717, 1.165) is 40.2 Å². The predicted octanol–water partition coefficient (Wildman–Crippen LogP) is 2.91. The molecular formula is C25H23N7O3. The van der Waals surface area contributed by atoms with Crippen molar-refractivity contribution >= 4 is 11.6 Å². The SMILES string of the molecule is COc1nc(Cc2cnc3c(c2)N2C(=O)CC[C@H]2CO3)ncc1-c1ccc(-n2nncc2C)cc1. The first-order valence-electron chi connectivity index (χ1n) is 11.4. The fourth-order valence-electron chi connectivity index (χ4n) is 4.62. The number of aromatic nitrogens is 6. The minimum absolute atomic E-state index is 0.0857. The van der Waals surface area contributed by atoms with Crippen molar-refractivity contribution in [2.24, 2.45) is 0 Å². The molecule has 0 aliphatic carbocycles. The first-order chi connectivity index (χ1) is 17.1. The number of carbonyl (C=O) groups excluding carboxylic acids is 1. The number of benzene rings is 1. The van der Waals surface area contributed by atoms with Gasteiger partial charge in [0.05, 0.1) is 36.3 Å². The van der Waals surface area contributed by atoms with E-state index in [1.54, 1.807) is 30.4 Å². The van der Waals surface area contributed by atoms with Crippen molar-refractivity contribution in [2.75, 3.05) is 18.6 Å². The zero-order chi connectivity index (χ0) is 23.9. The molecule has 10 nitrogen and oxygen atoms in total. The highest BCUT2D eigenvalue weighted by molar-refractivity contribution is 5.97. The lowest BCUT2D eigenvalue weighted by Gasteiger charge is -2.31. The third-order valence-corrected chi connectivity index (χ3v) is 6.39. The summed E-state index contributed by atoms with van der Waals surface area (Å²) in [5.74, 6) is 1.70. The van der Waals surface area contributed by atoms with E-state index >= 15 is 0 Å². The molecule has 0 unspecified atom stereocenters. The van der Waals surface area contributed by atoms with Gasteiger partial charge in [0.1, 0.15) is 18.1 Å². The van der Waals surface area contributed by atoms with Crippen LogP contribution in [0.1, 0.15) is 29.9 Å². The summed E-state index contributed by atoms with van der Waals surface area (Å²) in [6, 6.07) is 9.94. The molecule has 1 fully saturated rings. The monoisotopic (exact) mass is 469 g/mol. The topological polar surface area (TPSA) is 108 Å². The molecule has 0 radical (unpaired) electrons. The number of amides is 1. The van der Waals surface area contributed by atoms with Crippen molar-refractivity contribution in [2.45, 2.75) is 32.2 Å². The lowest BCUT2D eigenvalue weighted by Crippen LogP contribution is -2.40. The van der Waals surface area contributed by atoms with Gasteiger partial charge in [0.2, 0.25) is 17.7 Å². The molecule has 2 aliphatic rings. The number of fused-ring (bicyclic) bond motifs is 3. The summed E-state index contributed by atoms with van der Waals surface area (Å²) in [4.78, 5) is 27.9. The lowest BCUT2D eigenvalue weighted by atomic mass is 10.1. The van der Waals surface area contributed by atoms with Gasteiger partial charge in [-0.1, -0.05) is 17.3 Å². The average Bonchev–Trinajstić information content (AvgIpc) is 3.49. The molecule has 176 valence electrons. The maximum atomic E-state index is 12.4. The Morgan fingerprint density at radius 1 is 1.14 bits per heavy atom. The number of anilines is 1. The molecule has 0 saturated carbocycles. The molecule has 5 heterocycles. The van der Waals surface area contributed by atoms with Gasteiger partial charge in [-0.3, -0.25) is 4.79 Å². The van der Waals surface area contributed by atoms with E-state index in [1.807, 2.05) is 42.2 Å². The van der Waals surface area contributed by atoms with E-state index in [0.29, 0.717) is 37.0 Å². The molecule has 0 bridgehead atoms. The van der Waals surface area contributed by atoms with E-state index in [1.165, 1.54) is 0 Å². The summed E-state index contributed by atoms with van der Waals surface area (Å²) in [6.45, 7) is 2.45. The van der Waals surface area contributed by atoms with Crippen molar-refractivity contribution in [3.63, 3.8) is 0 Å². The minimum atomic E-state index is 0.0857. The Kier molecular flexibility index (Phi) is 5.13. The van der Waals surface area contributed by atoms with Crippen LogP contribution >= 0.6 is 0 Å². The van der Waals surface area contributed by atoms with Crippen molar-refractivity contribution in [3.8, 4) is 28.6 Å². The number of rotatable bonds is 5. The van der Waals surface area contributed by atoms with Gasteiger partial charge in [0.25, 0.3) is 0 Å². The van der Waals surface area contributed by atoms with Gasteiger partial charge in [0.15, 0.2) is 0 Å². The van der Waals surface area contributed by atoms with Crippen LogP contribution < -0.4 is 14.4 Å². The molecule has 4 aromatic rings. The summed E-state index contributed by atoms with van der Waals surface area (Å²) in [7, 11) is 1.60. The van der Waals surface area contributed by atoms with E-state index in [9.17, 15) is 4.79 Å². The summed E-state index contributed by atoms with van der Waals surface area (Å²) in [6.07, 6.45) is 7.03. The molecule has 35 heavy (non-hydrogen) atoms. The number of hydrogen-bond acceptors (Lipinski definition) is 8. The standard InChI is InChI=1S/C25H23N7O3/c1-15-11-28-30-32(15)18-5-3-17(4-6-18)20-13-26-22(29-24(20)34-2)10-16-9-21-25(27-12-16)35-14-19-7-8-23(33)31(19)21/h3-6,9,11-13,19H,7-8,10,14H2,1-2H3/t19-/m0/s1. The quantitative estimate of drug-likeness (QED) is 0.439. The third kappa shape index (κ3) is 3.76. The van der Waals surface area contributed by atoms with Crippen LogP contribution in [0.15, 0.2) is 48.9 Å². The molecular weight excluding hydrogens is 446 g/mol. The van der Waals surface area contributed by atoms with Gasteiger partial charge < -0.3 is 14.4 Å². The largest absolute Gasteiger partial charge is 0.480 e.